The van der Waals surface area contributed by atoms with E-state index in [0.717, 1.165) is 5.57 Å². The van der Waals surface area contributed by atoms with Crippen LogP contribution in [-0.4, -0.2) is 42.0 Å². The number of cyclic esters (lactones) is 1. The van der Waals surface area contributed by atoms with E-state index in [1.165, 1.54) is 6.08 Å². The van der Waals surface area contributed by atoms with Crippen LogP contribution in [0.1, 0.15) is 74.1 Å². The largest absolute Gasteiger partial charge is 0.458 e. The Morgan fingerprint density at radius 2 is 1.74 bits per heavy atom. The molecule has 0 spiro atoms. The highest BCUT2D eigenvalue weighted by atomic mass is 35.5. The number of carbonyl (C=O) groups is 4. The van der Waals surface area contributed by atoms with E-state index in [-0.39, 0.29) is 36.1 Å². The van der Waals surface area contributed by atoms with Crippen molar-refractivity contribution in [3.63, 3.8) is 0 Å². The predicted octanol–water partition coefficient (Wildman–Crippen LogP) is 8.53. The van der Waals surface area contributed by atoms with Crippen LogP contribution in [0.5, 0.6) is 0 Å². The van der Waals surface area contributed by atoms with Crippen LogP contribution in [0.2, 0.25) is 0 Å². The summed E-state index contributed by atoms with van der Waals surface area (Å²) in [6, 6.07) is 8.30. The van der Waals surface area contributed by atoms with Gasteiger partial charge in [0, 0.05) is 54.0 Å². The normalized spacial score (nSPS) is 18.1. The van der Waals surface area contributed by atoms with Gasteiger partial charge in [0.2, 0.25) is 5.91 Å². The van der Waals surface area contributed by atoms with Crippen molar-refractivity contribution < 1.29 is 28.7 Å². The smallest absolute Gasteiger partial charge is 0.411 e. The summed E-state index contributed by atoms with van der Waals surface area (Å²) in [5, 5.41) is 6.14. The molecular weight excluding hydrogens is 616 g/mol. The van der Waals surface area contributed by atoms with Gasteiger partial charge in [0.1, 0.15) is 12.2 Å². The molecule has 0 bridgehead atoms. The molecule has 8 nitrogen and oxygen atoms in total. The zero-order valence-electron chi connectivity index (χ0n) is 28.5. The molecule has 254 valence electrons. The van der Waals surface area contributed by atoms with Gasteiger partial charge in [-0.3, -0.25) is 14.9 Å². The average Bonchev–Trinajstić information content (AvgIpc) is 2.99. The van der Waals surface area contributed by atoms with Gasteiger partial charge in [-0.1, -0.05) is 112 Å². The summed E-state index contributed by atoms with van der Waals surface area (Å²) in [6.07, 6.45) is 16.2. The van der Waals surface area contributed by atoms with Crippen LogP contribution in [0.3, 0.4) is 0 Å². The third kappa shape index (κ3) is 15.3. The number of hydrogen-bond donors (Lipinski definition) is 2. The summed E-state index contributed by atoms with van der Waals surface area (Å²) in [5.41, 5.74) is 1.71. The fourth-order valence-corrected chi connectivity index (χ4v) is 4.84. The number of anilines is 1. The SMILES string of the molecule is CC1=CC[C@@H]([C@@H](C)/C=C(C)/C=C\C=C/C(=O)N[C@H](C(=O)C/C=C\C[C@H](C/C=C(\C)Cl)OC(=O)Nc2ccccc2)C(C)(C)C)OC1=O. The predicted molar refractivity (Wildman–Crippen MR) is 189 cm³/mol. The maximum atomic E-state index is 13.2. The molecular formula is C38H49ClN2O6. The maximum absolute atomic E-state index is 13.2. The van der Waals surface area contributed by atoms with E-state index in [1.807, 2.05) is 71.0 Å². The van der Waals surface area contributed by atoms with E-state index in [9.17, 15) is 19.2 Å². The molecule has 9 heteroatoms. The molecule has 47 heavy (non-hydrogen) atoms. The number of esters is 1. The first kappa shape index (κ1) is 39.0. The van der Waals surface area contributed by atoms with Gasteiger partial charge in [0.15, 0.2) is 5.78 Å². The summed E-state index contributed by atoms with van der Waals surface area (Å²) in [5.74, 6) is -0.749. The number of rotatable bonds is 15. The monoisotopic (exact) mass is 664 g/mol. The van der Waals surface area contributed by atoms with Gasteiger partial charge in [-0.25, -0.2) is 9.59 Å². The summed E-state index contributed by atoms with van der Waals surface area (Å²) in [4.78, 5) is 50.2. The third-order valence-electron chi connectivity index (χ3n) is 7.38. The van der Waals surface area contributed by atoms with Crippen molar-refractivity contribution in [2.24, 2.45) is 11.3 Å². The fourth-order valence-electron chi connectivity index (χ4n) is 4.75. The first-order chi connectivity index (χ1) is 22.1. The van der Waals surface area contributed by atoms with E-state index >= 15 is 0 Å². The Bertz CT molecular complexity index is 1410. The first-order valence-corrected chi connectivity index (χ1v) is 16.3. The van der Waals surface area contributed by atoms with Crippen molar-refractivity contribution in [2.45, 2.75) is 92.4 Å². The molecule has 0 unspecified atom stereocenters. The number of nitrogens with one attached hydrogen (secondary N) is 2. The van der Waals surface area contributed by atoms with Crippen LogP contribution in [-0.2, 0) is 23.9 Å². The molecule has 2 amide bonds. The highest BCUT2D eigenvalue weighted by molar-refractivity contribution is 6.29. The topological polar surface area (TPSA) is 111 Å². The maximum Gasteiger partial charge on any atom is 0.411 e. The summed E-state index contributed by atoms with van der Waals surface area (Å²) < 4.78 is 11.1. The Morgan fingerprint density at radius 1 is 1.06 bits per heavy atom. The number of ketones is 1. The Balaban J connectivity index is 1.92. The van der Waals surface area contributed by atoms with Gasteiger partial charge >= 0.3 is 12.1 Å². The van der Waals surface area contributed by atoms with E-state index < -0.39 is 23.7 Å². The van der Waals surface area contributed by atoms with Crippen molar-refractivity contribution >= 4 is 41.0 Å². The number of allylic oxidation sites excluding steroid dienone is 6. The zero-order valence-corrected chi connectivity index (χ0v) is 29.3. The molecule has 1 aromatic carbocycles. The van der Waals surface area contributed by atoms with Gasteiger partial charge < -0.3 is 14.8 Å². The number of Topliss-reactive ketones (excluding diaryl/α,β-unsaturated/α-hetero) is 1. The molecule has 1 aliphatic rings. The van der Waals surface area contributed by atoms with E-state index in [4.69, 9.17) is 21.1 Å². The number of para-hydroxylation sites is 1. The average molecular weight is 665 g/mol. The number of carbonyl (C=O) groups excluding carboxylic acids is 4. The second kappa shape index (κ2) is 19.5. The second-order valence-electron chi connectivity index (χ2n) is 12.8. The van der Waals surface area contributed by atoms with Crippen molar-refractivity contribution in [1.29, 1.82) is 0 Å². The molecule has 0 fully saturated rings. The lowest BCUT2D eigenvalue weighted by Gasteiger charge is -2.29. The Kier molecular flexibility index (Phi) is 16.2. The van der Waals surface area contributed by atoms with Crippen LogP contribution in [0.15, 0.2) is 101 Å². The van der Waals surface area contributed by atoms with Crippen LogP contribution in [0.25, 0.3) is 0 Å². The van der Waals surface area contributed by atoms with Gasteiger partial charge in [0.25, 0.3) is 0 Å². The minimum atomic E-state index is -0.711. The number of ether oxygens (including phenoxy) is 2. The fraction of sp³-hybridized carbons (Fsp3) is 0.421. The zero-order chi connectivity index (χ0) is 35.0. The molecule has 2 rings (SSSR count). The van der Waals surface area contributed by atoms with Crippen molar-refractivity contribution in [3.8, 4) is 0 Å². The van der Waals surface area contributed by atoms with Gasteiger partial charge in [-0.15, -0.1) is 0 Å². The first-order valence-electron chi connectivity index (χ1n) is 15.9. The number of hydrogen-bond acceptors (Lipinski definition) is 6. The van der Waals surface area contributed by atoms with Crippen LogP contribution in [0, 0.1) is 11.3 Å². The van der Waals surface area contributed by atoms with E-state index in [1.54, 1.807) is 56.4 Å². The van der Waals surface area contributed by atoms with Gasteiger partial charge in [-0.2, -0.15) is 0 Å². The lowest BCUT2D eigenvalue weighted by Crippen LogP contribution is -2.48. The van der Waals surface area contributed by atoms with E-state index in [2.05, 4.69) is 10.6 Å². The molecule has 0 saturated carbocycles. The van der Waals surface area contributed by atoms with Crippen molar-refractivity contribution in [2.75, 3.05) is 5.32 Å². The Labute approximate surface area is 284 Å². The lowest BCUT2D eigenvalue weighted by atomic mass is 9.83. The summed E-state index contributed by atoms with van der Waals surface area (Å²) >= 11 is 6.00. The van der Waals surface area contributed by atoms with Crippen LogP contribution >= 0.6 is 11.6 Å². The van der Waals surface area contributed by atoms with Crippen LogP contribution < -0.4 is 10.6 Å². The van der Waals surface area contributed by atoms with E-state index in [0.29, 0.717) is 35.6 Å². The quantitative estimate of drug-likeness (QED) is 0.0841. The summed E-state index contributed by atoms with van der Waals surface area (Å²) in [6.45, 7) is 13.1. The molecule has 0 aliphatic carbocycles. The molecule has 2 N–H and O–H groups in total. The van der Waals surface area contributed by atoms with Crippen molar-refractivity contribution in [1.82, 2.24) is 5.32 Å². The minimum absolute atomic E-state index is 0.0389. The second-order valence-corrected chi connectivity index (χ2v) is 13.4. The van der Waals surface area contributed by atoms with Crippen LogP contribution in [0.4, 0.5) is 10.5 Å². The van der Waals surface area contributed by atoms with Gasteiger partial charge in [-0.05, 0) is 38.3 Å². The Morgan fingerprint density at radius 3 is 2.38 bits per heavy atom. The molecule has 4 atom stereocenters. The number of amides is 2. The highest BCUT2D eigenvalue weighted by Crippen LogP contribution is 2.23. The number of benzene rings is 1. The Hall–Kier alpha value is -4.17. The standard InChI is InChI=1S/C38H49ClN2O6/c1-26(25-28(3)33-24-21-27(2)36(44)47-33)15-11-14-20-34(43)41-35(38(5,6)7)32(42)19-13-12-18-31(23-22-29(4)39)46-37(45)40-30-16-9-8-10-17-30/h8-17,20-22,25,28,31,33,35H,18-19,23-24H2,1-7H3,(H,40,45)(H,41,43)/b13-12-,15-11-,20-14-,26-25+,29-22+/t28-,31+,33-,35+/m0/s1. The molecule has 1 aliphatic heterocycles. The van der Waals surface area contributed by atoms with Crippen molar-refractivity contribution in [3.05, 3.63) is 101 Å². The highest BCUT2D eigenvalue weighted by Gasteiger charge is 2.31. The molecule has 1 heterocycles. The minimum Gasteiger partial charge on any atom is -0.458 e. The van der Waals surface area contributed by atoms with Gasteiger partial charge in [0.05, 0.1) is 6.04 Å². The molecule has 1 aromatic rings. The summed E-state index contributed by atoms with van der Waals surface area (Å²) in [7, 11) is 0. The molecule has 0 saturated heterocycles. The lowest BCUT2D eigenvalue weighted by molar-refractivity contribution is -0.147. The number of halogens is 1. The molecule has 0 aromatic heterocycles. The molecule has 0 radical (unpaired) electrons. The third-order valence-corrected chi connectivity index (χ3v) is 7.54.